The van der Waals surface area contributed by atoms with Crippen LogP contribution in [0.15, 0.2) is 24.3 Å². The van der Waals surface area contributed by atoms with E-state index in [1.165, 1.54) is 0 Å². The number of hydrogen-bond acceptors (Lipinski definition) is 4. The van der Waals surface area contributed by atoms with Crippen molar-refractivity contribution in [2.75, 3.05) is 6.67 Å². The van der Waals surface area contributed by atoms with Gasteiger partial charge in [0, 0.05) is 45.6 Å². The minimum absolute atomic E-state index is 0.00929. The average Bonchev–Trinajstić information content (AvgIpc) is 3.50. The molecule has 2 aliphatic rings. The molecule has 4 unspecified atom stereocenters. The molecular weight excluding hydrogens is 532 g/mol. The van der Waals surface area contributed by atoms with Crippen LogP contribution in [0.5, 0.6) is 0 Å². The second kappa shape index (κ2) is 7.96. The van der Waals surface area contributed by atoms with Crippen molar-refractivity contribution in [3.05, 3.63) is 58.7 Å². The van der Waals surface area contributed by atoms with Gasteiger partial charge in [0.1, 0.15) is 19.0 Å². The normalized spacial score (nSPS) is 23.5. The maximum absolute atomic E-state index is 14.9. The summed E-state index contributed by atoms with van der Waals surface area (Å²) in [5, 5.41) is 12.7. The van der Waals surface area contributed by atoms with E-state index in [-0.39, 0.29) is 54.7 Å². The molecule has 39 heavy (non-hydrogen) atoms. The number of hydrogen-bond donors (Lipinski definition) is 3. The zero-order chi connectivity index (χ0) is 27.5. The number of aliphatic hydroxyl groups is 1. The minimum atomic E-state index is -1.97. The number of halogens is 6. The van der Waals surface area contributed by atoms with Crippen molar-refractivity contribution >= 4 is 55.4 Å². The molecule has 13 heteroatoms. The Morgan fingerprint density at radius 2 is 1.54 bits per heavy atom. The van der Waals surface area contributed by atoms with E-state index in [1.54, 1.807) is 0 Å². The maximum atomic E-state index is 14.9. The molecule has 200 valence electrons. The summed E-state index contributed by atoms with van der Waals surface area (Å²) in [5.41, 5.74) is -0.751. The molecule has 2 aliphatic heterocycles. The lowest BCUT2D eigenvalue weighted by molar-refractivity contribution is -0.182. The first-order chi connectivity index (χ1) is 18.6. The Hall–Kier alpha value is -4.10. The highest BCUT2D eigenvalue weighted by molar-refractivity contribution is 6.39. The lowest BCUT2D eigenvalue weighted by atomic mass is 9.96. The molecule has 1 saturated heterocycles. The summed E-state index contributed by atoms with van der Waals surface area (Å²) in [6.07, 6.45) is -7.34. The SMILES string of the molecule is O=C1NC(=O)c2c1c1c3cc(F)c(F)cc3[nH]c1c1c2c2cc(F)c(F)cc2n1C1OC(CF)CC(F)C1O. The van der Waals surface area contributed by atoms with Crippen LogP contribution in [0.3, 0.4) is 0 Å². The van der Waals surface area contributed by atoms with E-state index in [0.29, 0.717) is 0 Å². The van der Waals surface area contributed by atoms with E-state index in [4.69, 9.17) is 4.74 Å². The second-order valence-electron chi connectivity index (χ2n) is 9.64. The van der Waals surface area contributed by atoms with Gasteiger partial charge in [-0.3, -0.25) is 14.9 Å². The van der Waals surface area contributed by atoms with Gasteiger partial charge in [-0.15, -0.1) is 0 Å². The summed E-state index contributed by atoms with van der Waals surface area (Å²) in [6.45, 7) is -1.11. The predicted molar refractivity (Wildman–Crippen MR) is 126 cm³/mol. The Labute approximate surface area is 212 Å². The van der Waals surface area contributed by atoms with E-state index < -0.39 is 72.8 Å². The van der Waals surface area contributed by atoms with Gasteiger partial charge in [-0.2, -0.15) is 0 Å². The minimum Gasteiger partial charge on any atom is -0.385 e. The van der Waals surface area contributed by atoms with Crippen LogP contribution in [0, 0.1) is 23.3 Å². The van der Waals surface area contributed by atoms with Crippen LogP contribution in [-0.4, -0.2) is 51.5 Å². The number of alkyl halides is 2. The van der Waals surface area contributed by atoms with Gasteiger partial charge in [0.15, 0.2) is 29.5 Å². The average molecular weight is 547 g/mol. The first-order valence-corrected chi connectivity index (χ1v) is 11.8. The second-order valence-corrected chi connectivity index (χ2v) is 9.64. The summed E-state index contributed by atoms with van der Waals surface area (Å²) in [4.78, 5) is 28.9. The van der Waals surface area contributed by atoms with Gasteiger partial charge < -0.3 is 19.4 Å². The predicted octanol–water partition coefficient (Wildman–Crippen LogP) is 4.83. The third-order valence-corrected chi connectivity index (χ3v) is 7.46. The highest BCUT2D eigenvalue weighted by Crippen LogP contribution is 2.46. The van der Waals surface area contributed by atoms with Gasteiger partial charge in [0.05, 0.1) is 33.8 Å². The van der Waals surface area contributed by atoms with Gasteiger partial charge in [0.2, 0.25) is 0 Å². The van der Waals surface area contributed by atoms with Gasteiger partial charge in [-0.25, -0.2) is 26.3 Å². The van der Waals surface area contributed by atoms with Crippen LogP contribution in [0.2, 0.25) is 0 Å². The van der Waals surface area contributed by atoms with Crippen LogP contribution < -0.4 is 5.32 Å². The lowest BCUT2D eigenvalue weighted by Gasteiger charge is -2.36. The molecule has 4 heterocycles. The van der Waals surface area contributed by atoms with Crippen molar-refractivity contribution in [3.63, 3.8) is 0 Å². The fourth-order valence-electron chi connectivity index (χ4n) is 5.84. The molecule has 0 spiro atoms. The number of fused-ring (bicyclic) bond motifs is 10. The number of imide groups is 1. The first kappa shape index (κ1) is 24.0. The molecule has 7 nitrogen and oxygen atoms in total. The summed E-state index contributed by atoms with van der Waals surface area (Å²) in [6, 6.07) is 3.15. The standard InChI is InChI=1S/C26H15F6N3O4/c27-6-7-1-14(32)23(36)26(39-7)35-16-5-13(31)11(29)3-9(16)18-20-19(24(37)34-25(20)38)17-8-2-10(28)12(30)4-15(8)33-21(17)22(18)35/h2-5,7,14,23,26,33,36H,1,6H2,(H,34,37,38). The number of ether oxygens (including phenoxy) is 1. The van der Waals surface area contributed by atoms with Crippen LogP contribution in [-0.2, 0) is 4.74 Å². The molecule has 4 atom stereocenters. The van der Waals surface area contributed by atoms with Crippen molar-refractivity contribution in [2.45, 2.75) is 31.0 Å². The molecule has 0 aliphatic carbocycles. The highest BCUT2D eigenvalue weighted by Gasteiger charge is 2.43. The molecule has 0 saturated carbocycles. The molecule has 5 aromatic rings. The third kappa shape index (κ3) is 3.08. The van der Waals surface area contributed by atoms with E-state index in [0.717, 1.165) is 28.8 Å². The number of carbonyl (C=O) groups excluding carboxylic acids is 2. The number of carbonyl (C=O) groups is 2. The molecule has 1 fully saturated rings. The largest absolute Gasteiger partial charge is 0.385 e. The summed E-state index contributed by atoms with van der Waals surface area (Å²) in [7, 11) is 0. The molecule has 3 aromatic carbocycles. The van der Waals surface area contributed by atoms with Gasteiger partial charge >= 0.3 is 0 Å². The zero-order valence-electron chi connectivity index (χ0n) is 19.4. The smallest absolute Gasteiger partial charge is 0.259 e. The van der Waals surface area contributed by atoms with Crippen LogP contribution in [0.25, 0.3) is 43.6 Å². The Kier molecular flexibility index (Phi) is 4.89. The van der Waals surface area contributed by atoms with Crippen LogP contribution >= 0.6 is 0 Å². The molecule has 2 amide bonds. The summed E-state index contributed by atoms with van der Waals surface area (Å²) >= 11 is 0. The molecule has 2 aromatic heterocycles. The monoisotopic (exact) mass is 547 g/mol. The number of nitrogens with one attached hydrogen (secondary N) is 2. The fourth-order valence-corrected chi connectivity index (χ4v) is 5.84. The first-order valence-electron chi connectivity index (χ1n) is 11.8. The van der Waals surface area contributed by atoms with Gasteiger partial charge in [-0.05, 0) is 12.1 Å². The molecular formula is C26H15F6N3O4. The van der Waals surface area contributed by atoms with E-state index in [9.17, 15) is 41.0 Å². The van der Waals surface area contributed by atoms with Crippen molar-refractivity contribution in [2.24, 2.45) is 0 Å². The Morgan fingerprint density at radius 1 is 0.923 bits per heavy atom. The van der Waals surface area contributed by atoms with Gasteiger partial charge in [0.25, 0.3) is 11.8 Å². The quantitative estimate of drug-likeness (QED) is 0.218. The molecule has 3 N–H and O–H groups in total. The van der Waals surface area contributed by atoms with Gasteiger partial charge in [-0.1, -0.05) is 0 Å². The van der Waals surface area contributed by atoms with Crippen molar-refractivity contribution < 1.29 is 45.8 Å². The molecule has 7 rings (SSSR count). The number of aromatic amines is 1. The number of aromatic nitrogens is 2. The topological polar surface area (TPSA) is 96.4 Å². The highest BCUT2D eigenvalue weighted by atomic mass is 19.2. The summed E-state index contributed by atoms with van der Waals surface area (Å²) in [5.74, 6) is -6.88. The number of rotatable bonds is 2. The number of H-pyrrole nitrogens is 1. The van der Waals surface area contributed by atoms with E-state index in [1.807, 2.05) is 0 Å². The van der Waals surface area contributed by atoms with Crippen molar-refractivity contribution in [3.8, 4) is 0 Å². The lowest BCUT2D eigenvalue weighted by Crippen LogP contribution is -2.44. The van der Waals surface area contributed by atoms with Crippen molar-refractivity contribution in [1.82, 2.24) is 14.9 Å². The Balaban J connectivity index is 1.75. The number of benzene rings is 3. The number of nitrogens with zero attached hydrogens (tertiary/aromatic N) is 1. The van der Waals surface area contributed by atoms with E-state index in [2.05, 4.69) is 10.3 Å². The van der Waals surface area contributed by atoms with Crippen LogP contribution in [0.1, 0.15) is 33.4 Å². The number of amides is 2. The summed E-state index contributed by atoms with van der Waals surface area (Å²) < 4.78 is 92.8. The third-order valence-electron chi connectivity index (χ3n) is 7.46. The maximum Gasteiger partial charge on any atom is 0.259 e. The molecule has 0 bridgehead atoms. The zero-order valence-corrected chi connectivity index (χ0v) is 19.4. The van der Waals surface area contributed by atoms with Crippen LogP contribution in [0.4, 0.5) is 26.3 Å². The van der Waals surface area contributed by atoms with Crippen molar-refractivity contribution in [1.29, 1.82) is 0 Å². The fraction of sp³-hybridized carbons (Fsp3) is 0.231. The Bertz CT molecular complexity index is 1930. The molecule has 0 radical (unpaired) electrons. The van der Waals surface area contributed by atoms with E-state index >= 15 is 0 Å². The Morgan fingerprint density at radius 3 is 2.23 bits per heavy atom. The number of aliphatic hydroxyl groups excluding tert-OH is 1.